The van der Waals surface area contributed by atoms with E-state index in [2.05, 4.69) is 29.7 Å². The van der Waals surface area contributed by atoms with Gasteiger partial charge in [0.2, 0.25) is 16.9 Å². The van der Waals surface area contributed by atoms with Crippen LogP contribution < -0.4 is 16.4 Å². The summed E-state index contributed by atoms with van der Waals surface area (Å²) in [5, 5.41) is 5.83. The van der Waals surface area contributed by atoms with Gasteiger partial charge in [0.15, 0.2) is 5.12 Å². The Balaban J connectivity index is 1.34. The normalized spacial score (nSPS) is 24.4. The van der Waals surface area contributed by atoms with Crippen LogP contribution in [0.25, 0.3) is 0 Å². The number of rotatable bonds is 18. The van der Waals surface area contributed by atoms with Crippen LogP contribution in [0.3, 0.4) is 0 Å². The van der Waals surface area contributed by atoms with Gasteiger partial charge in [-0.2, -0.15) is 0 Å². The molecule has 3 fully saturated rings. The molecule has 1 aliphatic heterocycles. The number of hydrogen-bond acceptors (Lipinski definition) is 7. The predicted octanol–water partition coefficient (Wildman–Crippen LogP) is 9.00. The van der Waals surface area contributed by atoms with Crippen molar-refractivity contribution in [3.05, 3.63) is 30.3 Å². The molecule has 7 nitrogen and oxygen atoms in total. The van der Waals surface area contributed by atoms with Crippen molar-refractivity contribution in [2.24, 2.45) is 11.7 Å². The molecule has 2 amide bonds. The zero-order valence-corrected chi connectivity index (χ0v) is 32.4. The van der Waals surface area contributed by atoms with Gasteiger partial charge in [-0.25, -0.2) is 0 Å². The molecule has 1 heterocycles. The molecule has 50 heavy (non-hydrogen) atoms. The fourth-order valence-electron chi connectivity index (χ4n) is 8.43. The molecule has 2 saturated carbocycles. The maximum Gasteiger partial charge on any atom is 0.221 e. The topological polar surface area (TPSA) is 118 Å². The minimum absolute atomic E-state index is 0.0162. The molecule has 4 rings (SSSR count). The highest BCUT2D eigenvalue weighted by atomic mass is 32.2. The van der Waals surface area contributed by atoms with E-state index in [-0.39, 0.29) is 40.4 Å². The Labute approximate surface area is 311 Å². The van der Waals surface area contributed by atoms with Crippen molar-refractivity contribution in [3.8, 4) is 0 Å². The number of amides is 2. The van der Waals surface area contributed by atoms with Crippen LogP contribution in [0.5, 0.6) is 0 Å². The van der Waals surface area contributed by atoms with Crippen LogP contribution >= 0.6 is 23.5 Å². The highest BCUT2D eigenvalue weighted by Gasteiger charge is 2.51. The Hall–Kier alpha value is -2.02. The first-order chi connectivity index (χ1) is 24.1. The second kappa shape index (κ2) is 20.9. The van der Waals surface area contributed by atoms with Crippen LogP contribution in [-0.4, -0.2) is 44.4 Å². The van der Waals surface area contributed by atoms with E-state index in [1.165, 1.54) is 82.4 Å². The van der Waals surface area contributed by atoms with Crippen molar-refractivity contribution < 1.29 is 19.2 Å². The van der Waals surface area contributed by atoms with Gasteiger partial charge < -0.3 is 16.4 Å². The standard InChI is InChI=1S/C41H63N3O4S2/c1-2-24-40(31-36(46)43-30-17-13-20-33-18-10-11-19-33)28-29-41(38(48)50-40,32-37(47)49-34-21-8-7-9-22-34)44-35(45)23-12-16-27-39(42)25-14-5-3-4-6-15-26-39/h8,21-22,33H,2-6,10-20,23-32,42H2,1H3,(H,43,46)(H,44,45)/t40-,41-/m1/s1. The van der Waals surface area contributed by atoms with Gasteiger partial charge in [-0.05, 0) is 69.4 Å². The van der Waals surface area contributed by atoms with E-state index in [4.69, 9.17) is 5.73 Å². The molecular formula is C41H63N3O4S2. The summed E-state index contributed by atoms with van der Waals surface area (Å²) in [4.78, 5) is 55.1. The van der Waals surface area contributed by atoms with Gasteiger partial charge in [-0.1, -0.05) is 132 Å². The number of hydrogen-bond donors (Lipinski definition) is 3. The molecule has 0 spiro atoms. The minimum Gasteiger partial charge on any atom is -0.356 e. The number of carbonyl (C=O) groups is 4. The molecule has 1 saturated heterocycles. The summed E-state index contributed by atoms with van der Waals surface area (Å²) in [6.07, 6.45) is 23.7. The van der Waals surface area contributed by atoms with Gasteiger partial charge in [-0.15, -0.1) is 0 Å². The van der Waals surface area contributed by atoms with Crippen LogP contribution in [0.4, 0.5) is 0 Å². The van der Waals surface area contributed by atoms with E-state index >= 15 is 0 Å². The number of thioether (sulfide) groups is 2. The summed E-state index contributed by atoms with van der Waals surface area (Å²) in [7, 11) is 0. The van der Waals surface area contributed by atoms with Crippen molar-refractivity contribution in [1.82, 2.24) is 10.6 Å². The molecule has 9 heteroatoms. The van der Waals surface area contributed by atoms with E-state index in [0.717, 1.165) is 73.9 Å². The zero-order valence-electron chi connectivity index (χ0n) is 30.7. The van der Waals surface area contributed by atoms with E-state index in [0.29, 0.717) is 32.2 Å². The average molecular weight is 726 g/mol. The third-order valence-corrected chi connectivity index (χ3v) is 13.8. The van der Waals surface area contributed by atoms with Crippen LogP contribution in [0, 0.1) is 18.1 Å². The molecule has 2 atom stereocenters. The molecule has 2 aliphatic carbocycles. The van der Waals surface area contributed by atoms with Crippen molar-refractivity contribution in [3.63, 3.8) is 0 Å². The number of carbonyl (C=O) groups excluding carboxylic acids is 4. The zero-order chi connectivity index (χ0) is 35.7. The third-order valence-electron chi connectivity index (χ3n) is 11.3. The minimum atomic E-state index is -1.29. The molecule has 278 valence electrons. The molecule has 0 unspecified atom stereocenters. The van der Waals surface area contributed by atoms with Crippen LogP contribution in [-0.2, 0) is 19.2 Å². The van der Waals surface area contributed by atoms with Gasteiger partial charge in [0.05, 0.1) is 0 Å². The summed E-state index contributed by atoms with van der Waals surface area (Å²) in [6, 6.07) is 10.9. The highest BCUT2D eigenvalue weighted by Crippen LogP contribution is 2.48. The second-order valence-corrected chi connectivity index (χ2v) is 18.2. The molecule has 1 aromatic rings. The smallest absolute Gasteiger partial charge is 0.221 e. The Morgan fingerprint density at radius 3 is 2.30 bits per heavy atom. The molecular weight excluding hydrogens is 663 g/mol. The van der Waals surface area contributed by atoms with Crippen LogP contribution in [0.15, 0.2) is 23.1 Å². The molecule has 0 bridgehead atoms. The van der Waals surface area contributed by atoms with E-state index in [9.17, 15) is 19.2 Å². The number of nitrogens with one attached hydrogen (secondary N) is 2. The number of nitrogens with two attached hydrogens (primary N) is 1. The van der Waals surface area contributed by atoms with E-state index in [1.54, 1.807) is 18.2 Å². The summed E-state index contributed by atoms with van der Waals surface area (Å²) in [5.41, 5.74) is 5.40. The average Bonchev–Trinajstić information content (AvgIpc) is 3.63. The lowest BCUT2D eigenvalue weighted by molar-refractivity contribution is -0.130. The molecule has 4 N–H and O–H groups in total. The lowest BCUT2D eigenvalue weighted by atomic mass is 9.82. The Bertz CT molecular complexity index is 1210. The van der Waals surface area contributed by atoms with E-state index < -0.39 is 10.3 Å². The molecule has 0 radical (unpaired) electrons. The van der Waals surface area contributed by atoms with Gasteiger partial charge in [0.25, 0.3) is 0 Å². The Kier molecular flexibility index (Phi) is 17.0. The van der Waals surface area contributed by atoms with Gasteiger partial charge >= 0.3 is 0 Å². The quantitative estimate of drug-likeness (QED) is 0.102. The van der Waals surface area contributed by atoms with Crippen molar-refractivity contribution in [2.75, 3.05) is 6.54 Å². The first-order valence-electron chi connectivity index (χ1n) is 19.8. The van der Waals surface area contributed by atoms with E-state index in [1.807, 2.05) is 0 Å². The van der Waals surface area contributed by atoms with Gasteiger partial charge in [0, 0.05) is 47.1 Å². The first kappa shape index (κ1) is 40.7. The Morgan fingerprint density at radius 2 is 1.62 bits per heavy atom. The third kappa shape index (κ3) is 13.5. The first-order valence-corrected chi connectivity index (χ1v) is 21.5. The molecule has 0 aromatic heterocycles. The van der Waals surface area contributed by atoms with Crippen LogP contribution in [0.1, 0.15) is 167 Å². The fourth-order valence-corrected chi connectivity index (χ4v) is 10.8. The maximum absolute atomic E-state index is 14.2. The second-order valence-electron chi connectivity index (χ2n) is 15.6. The Morgan fingerprint density at radius 1 is 0.880 bits per heavy atom. The lowest BCUT2D eigenvalue weighted by Crippen LogP contribution is -2.59. The maximum atomic E-state index is 14.2. The monoisotopic (exact) mass is 725 g/mol. The summed E-state index contributed by atoms with van der Waals surface area (Å²) in [6.45, 7) is 2.74. The SMILES string of the molecule is CCC[C@]1(CC(=O)NCCCCC2CCCC2)CC[C@](CC(=O)Sc2cc#ccc2)(NC(=O)CCCCC2(N)CCCCCCCC2)C(=O)S1. The summed E-state index contributed by atoms with van der Waals surface area (Å²) in [5.74, 6) is 0.646. The van der Waals surface area contributed by atoms with Gasteiger partial charge in [0.1, 0.15) is 5.54 Å². The van der Waals surface area contributed by atoms with Crippen molar-refractivity contribution >= 4 is 45.6 Å². The van der Waals surface area contributed by atoms with Crippen LogP contribution in [0.2, 0.25) is 0 Å². The largest absolute Gasteiger partial charge is 0.356 e. The molecule has 1 aromatic carbocycles. The summed E-state index contributed by atoms with van der Waals surface area (Å²) < 4.78 is -0.541. The van der Waals surface area contributed by atoms with Crippen molar-refractivity contribution in [2.45, 2.75) is 188 Å². The fraction of sp³-hybridized carbons (Fsp3) is 0.756. The highest BCUT2D eigenvalue weighted by molar-refractivity contribution is 8.15. The molecule has 3 aliphatic rings. The predicted molar refractivity (Wildman–Crippen MR) is 206 cm³/mol. The summed E-state index contributed by atoms with van der Waals surface area (Å²) >= 11 is 2.26. The van der Waals surface area contributed by atoms with Crippen molar-refractivity contribution in [1.29, 1.82) is 0 Å². The van der Waals surface area contributed by atoms with Gasteiger partial charge in [-0.3, -0.25) is 19.2 Å². The number of unbranched alkanes of at least 4 members (excludes halogenated alkanes) is 2. The lowest BCUT2D eigenvalue weighted by Gasteiger charge is -2.44.